The highest BCUT2D eigenvalue weighted by molar-refractivity contribution is 5.17. The lowest BCUT2D eigenvalue weighted by molar-refractivity contribution is 0.312. The molecule has 1 aliphatic carbocycles. The van der Waals surface area contributed by atoms with Crippen LogP contribution in [-0.4, -0.2) is 12.6 Å². The SMILES string of the molecule is CCCNC(CCC1CCCCC1)Cc1ccc(F)cc1. The molecule has 0 bridgehead atoms. The van der Waals surface area contributed by atoms with Gasteiger partial charge in [0.25, 0.3) is 0 Å². The van der Waals surface area contributed by atoms with Crippen LogP contribution in [0.3, 0.4) is 0 Å². The van der Waals surface area contributed by atoms with Crippen molar-refractivity contribution in [1.29, 1.82) is 0 Å². The van der Waals surface area contributed by atoms with Gasteiger partial charge in [0.1, 0.15) is 5.82 Å². The van der Waals surface area contributed by atoms with E-state index in [0.29, 0.717) is 6.04 Å². The fourth-order valence-electron chi connectivity index (χ4n) is 3.44. The highest BCUT2D eigenvalue weighted by Gasteiger charge is 2.16. The van der Waals surface area contributed by atoms with E-state index in [4.69, 9.17) is 0 Å². The van der Waals surface area contributed by atoms with Crippen molar-refractivity contribution in [2.24, 2.45) is 5.92 Å². The Bertz CT molecular complexity index is 381. The summed E-state index contributed by atoms with van der Waals surface area (Å²) in [6.45, 7) is 3.29. The van der Waals surface area contributed by atoms with Crippen LogP contribution in [0.2, 0.25) is 0 Å². The largest absolute Gasteiger partial charge is 0.314 e. The molecule has 0 amide bonds. The van der Waals surface area contributed by atoms with Crippen LogP contribution in [0.15, 0.2) is 24.3 Å². The fraction of sp³-hybridized carbons (Fsp3) is 0.684. The van der Waals surface area contributed by atoms with Gasteiger partial charge in [-0.1, -0.05) is 51.2 Å². The van der Waals surface area contributed by atoms with E-state index >= 15 is 0 Å². The molecule has 1 atom stereocenters. The summed E-state index contributed by atoms with van der Waals surface area (Å²) in [4.78, 5) is 0. The molecule has 1 saturated carbocycles. The van der Waals surface area contributed by atoms with Crippen LogP contribution in [0.4, 0.5) is 4.39 Å². The van der Waals surface area contributed by atoms with Crippen molar-refractivity contribution in [2.45, 2.75) is 70.8 Å². The Morgan fingerprint density at radius 1 is 1.14 bits per heavy atom. The smallest absolute Gasteiger partial charge is 0.123 e. The van der Waals surface area contributed by atoms with Gasteiger partial charge in [0, 0.05) is 6.04 Å². The van der Waals surface area contributed by atoms with Gasteiger partial charge in [-0.3, -0.25) is 0 Å². The van der Waals surface area contributed by atoms with Crippen molar-refractivity contribution >= 4 is 0 Å². The Balaban J connectivity index is 1.82. The lowest BCUT2D eigenvalue weighted by Crippen LogP contribution is -2.32. The quantitative estimate of drug-likeness (QED) is 0.703. The van der Waals surface area contributed by atoms with Gasteiger partial charge >= 0.3 is 0 Å². The lowest BCUT2D eigenvalue weighted by atomic mass is 9.84. The Hall–Kier alpha value is -0.890. The van der Waals surface area contributed by atoms with Gasteiger partial charge in [-0.25, -0.2) is 4.39 Å². The first kappa shape index (κ1) is 16.5. The molecule has 1 N–H and O–H groups in total. The summed E-state index contributed by atoms with van der Waals surface area (Å²) in [5.74, 6) is 0.803. The van der Waals surface area contributed by atoms with Crippen molar-refractivity contribution in [2.75, 3.05) is 6.54 Å². The van der Waals surface area contributed by atoms with E-state index in [1.54, 1.807) is 12.1 Å². The Labute approximate surface area is 129 Å². The molecule has 0 radical (unpaired) electrons. The third kappa shape index (κ3) is 6.17. The van der Waals surface area contributed by atoms with Crippen molar-refractivity contribution in [1.82, 2.24) is 5.32 Å². The molecule has 1 unspecified atom stereocenters. The maximum absolute atomic E-state index is 13.0. The van der Waals surface area contributed by atoms with E-state index in [1.165, 1.54) is 56.9 Å². The summed E-state index contributed by atoms with van der Waals surface area (Å²) in [6.07, 6.45) is 11.9. The molecule has 2 rings (SSSR count). The number of rotatable bonds is 8. The van der Waals surface area contributed by atoms with E-state index in [2.05, 4.69) is 12.2 Å². The van der Waals surface area contributed by atoms with Gasteiger partial charge in [0.2, 0.25) is 0 Å². The second kappa shape index (κ2) is 9.19. The maximum atomic E-state index is 13.0. The van der Waals surface area contributed by atoms with Crippen molar-refractivity contribution in [3.8, 4) is 0 Å². The molecule has 0 aliphatic heterocycles. The van der Waals surface area contributed by atoms with E-state index in [9.17, 15) is 4.39 Å². The predicted octanol–water partition coefficient (Wildman–Crippen LogP) is 5.10. The van der Waals surface area contributed by atoms with E-state index in [1.807, 2.05) is 12.1 Å². The summed E-state index contributed by atoms with van der Waals surface area (Å²) < 4.78 is 13.0. The standard InChI is InChI=1S/C19H30FN/c1-2-14-21-19(13-10-16-6-4-3-5-7-16)15-17-8-11-18(20)12-9-17/h8-9,11-12,16,19,21H,2-7,10,13-15H2,1H3. The molecule has 118 valence electrons. The second-order valence-corrected chi connectivity index (χ2v) is 6.56. The zero-order valence-corrected chi connectivity index (χ0v) is 13.4. The average Bonchev–Trinajstić information content (AvgIpc) is 2.53. The van der Waals surface area contributed by atoms with Gasteiger partial charge in [-0.15, -0.1) is 0 Å². The topological polar surface area (TPSA) is 12.0 Å². The average molecular weight is 291 g/mol. The molecule has 1 aliphatic rings. The minimum absolute atomic E-state index is 0.140. The van der Waals surface area contributed by atoms with Crippen molar-refractivity contribution in [3.05, 3.63) is 35.6 Å². The predicted molar refractivity (Wildman–Crippen MR) is 88.0 cm³/mol. The van der Waals surface area contributed by atoms with E-state index in [0.717, 1.165) is 18.9 Å². The zero-order valence-electron chi connectivity index (χ0n) is 13.4. The highest BCUT2D eigenvalue weighted by Crippen LogP contribution is 2.28. The van der Waals surface area contributed by atoms with Gasteiger partial charge in [-0.05, 0) is 55.8 Å². The number of halogens is 1. The number of nitrogens with one attached hydrogen (secondary N) is 1. The van der Waals surface area contributed by atoms with Crippen LogP contribution >= 0.6 is 0 Å². The molecular weight excluding hydrogens is 261 g/mol. The number of benzene rings is 1. The van der Waals surface area contributed by atoms with Crippen molar-refractivity contribution in [3.63, 3.8) is 0 Å². The van der Waals surface area contributed by atoms with E-state index in [-0.39, 0.29) is 5.82 Å². The molecule has 1 aromatic rings. The fourth-order valence-corrected chi connectivity index (χ4v) is 3.44. The Morgan fingerprint density at radius 2 is 1.86 bits per heavy atom. The molecule has 1 nitrogen and oxygen atoms in total. The summed E-state index contributed by atoms with van der Waals surface area (Å²) in [5, 5.41) is 3.68. The summed E-state index contributed by atoms with van der Waals surface area (Å²) >= 11 is 0. The molecule has 0 aromatic heterocycles. The van der Waals surface area contributed by atoms with Crippen LogP contribution in [-0.2, 0) is 6.42 Å². The van der Waals surface area contributed by atoms with Gasteiger partial charge in [0.05, 0.1) is 0 Å². The first-order valence-corrected chi connectivity index (χ1v) is 8.75. The molecule has 21 heavy (non-hydrogen) atoms. The van der Waals surface area contributed by atoms with Crippen LogP contribution < -0.4 is 5.32 Å². The molecule has 2 heteroatoms. The molecule has 1 fully saturated rings. The zero-order chi connectivity index (χ0) is 14.9. The number of hydrogen-bond donors (Lipinski definition) is 1. The minimum atomic E-state index is -0.140. The first-order chi connectivity index (χ1) is 10.3. The van der Waals surface area contributed by atoms with Crippen molar-refractivity contribution < 1.29 is 4.39 Å². The van der Waals surface area contributed by atoms with Crippen LogP contribution in [0.25, 0.3) is 0 Å². The van der Waals surface area contributed by atoms with Crippen LogP contribution in [0, 0.1) is 11.7 Å². The van der Waals surface area contributed by atoms with Gasteiger partial charge in [-0.2, -0.15) is 0 Å². The number of hydrogen-bond acceptors (Lipinski definition) is 1. The summed E-state index contributed by atoms with van der Waals surface area (Å²) in [7, 11) is 0. The van der Waals surface area contributed by atoms with E-state index < -0.39 is 0 Å². The summed E-state index contributed by atoms with van der Waals surface area (Å²) in [5.41, 5.74) is 1.24. The second-order valence-electron chi connectivity index (χ2n) is 6.56. The van der Waals surface area contributed by atoms with Gasteiger partial charge < -0.3 is 5.32 Å². The lowest BCUT2D eigenvalue weighted by Gasteiger charge is -2.25. The van der Waals surface area contributed by atoms with Gasteiger partial charge in [0.15, 0.2) is 0 Å². The third-order valence-electron chi connectivity index (χ3n) is 4.73. The molecule has 0 spiro atoms. The Kier molecular flexibility index (Phi) is 7.21. The molecule has 0 heterocycles. The van der Waals surface area contributed by atoms with Crippen LogP contribution in [0.5, 0.6) is 0 Å². The minimum Gasteiger partial charge on any atom is -0.314 e. The molecule has 1 aromatic carbocycles. The highest BCUT2D eigenvalue weighted by atomic mass is 19.1. The maximum Gasteiger partial charge on any atom is 0.123 e. The third-order valence-corrected chi connectivity index (χ3v) is 4.73. The summed E-state index contributed by atoms with van der Waals surface area (Å²) in [6, 6.07) is 7.55. The first-order valence-electron chi connectivity index (χ1n) is 8.75. The van der Waals surface area contributed by atoms with Crippen LogP contribution in [0.1, 0.15) is 63.9 Å². The molecular formula is C19H30FN. The monoisotopic (exact) mass is 291 g/mol. The Morgan fingerprint density at radius 3 is 2.52 bits per heavy atom. The molecule has 0 saturated heterocycles. The normalized spacial score (nSPS) is 17.8.